The van der Waals surface area contributed by atoms with Gasteiger partial charge in [-0.1, -0.05) is 150 Å². The normalized spacial score (nSPS) is 19.4. The standard InChI is InChI=1S/C52H57N3O2/c1-51(2,3)33-41-31-42(45-18-12-17-44(41)45)34-52(4,5)29-30-57-43-27-28-46(47(56)32-43)50-54-48(39-23-19-37(20-24-39)35-13-8-6-9-14-35)53-49(55-50)40-25-21-38(22-26-40)36-15-10-7-11-16-36/h6-11,13-16,19-28,32,41-42,44-45,56H,12,17-18,29-31,33-34H2,1-5H3. The molecule has 0 spiro atoms. The lowest BCUT2D eigenvalue weighted by molar-refractivity contribution is 0.171. The van der Waals surface area contributed by atoms with Crippen molar-refractivity contribution < 1.29 is 9.84 Å². The summed E-state index contributed by atoms with van der Waals surface area (Å²) in [5, 5.41) is 11.5. The van der Waals surface area contributed by atoms with E-state index in [0.29, 0.717) is 40.8 Å². The highest BCUT2D eigenvalue weighted by Gasteiger charge is 2.47. The monoisotopic (exact) mass is 755 g/mol. The molecule has 5 heteroatoms. The Morgan fingerprint density at radius 2 is 1.04 bits per heavy atom. The third-order valence-corrected chi connectivity index (χ3v) is 12.5. The fourth-order valence-corrected chi connectivity index (χ4v) is 9.87. The summed E-state index contributed by atoms with van der Waals surface area (Å²) in [7, 11) is 0. The zero-order valence-corrected chi connectivity index (χ0v) is 34.3. The van der Waals surface area contributed by atoms with E-state index in [9.17, 15) is 5.11 Å². The molecule has 2 aliphatic carbocycles. The molecule has 0 radical (unpaired) electrons. The number of phenols is 1. The smallest absolute Gasteiger partial charge is 0.167 e. The highest BCUT2D eigenvalue weighted by atomic mass is 16.5. The van der Waals surface area contributed by atoms with Gasteiger partial charge in [0.1, 0.15) is 11.5 Å². The van der Waals surface area contributed by atoms with Crippen LogP contribution in [0.1, 0.15) is 79.6 Å². The van der Waals surface area contributed by atoms with Crippen molar-refractivity contribution in [3.63, 3.8) is 0 Å². The first-order valence-corrected chi connectivity index (χ1v) is 21.0. The minimum Gasteiger partial charge on any atom is -0.507 e. The molecule has 0 bridgehead atoms. The van der Waals surface area contributed by atoms with E-state index in [1.54, 1.807) is 6.07 Å². The molecule has 1 N–H and O–H groups in total. The first-order chi connectivity index (χ1) is 27.5. The molecule has 2 fully saturated rings. The first kappa shape index (κ1) is 38.6. The molecule has 1 heterocycles. The fourth-order valence-electron chi connectivity index (χ4n) is 9.87. The van der Waals surface area contributed by atoms with Crippen LogP contribution in [0.5, 0.6) is 11.5 Å². The third-order valence-electron chi connectivity index (χ3n) is 12.5. The molecule has 4 atom stereocenters. The van der Waals surface area contributed by atoms with Crippen LogP contribution >= 0.6 is 0 Å². The maximum absolute atomic E-state index is 11.5. The van der Waals surface area contributed by atoms with E-state index in [4.69, 9.17) is 19.7 Å². The third kappa shape index (κ3) is 9.14. The van der Waals surface area contributed by atoms with Gasteiger partial charge in [-0.05, 0) is 107 Å². The van der Waals surface area contributed by atoms with E-state index in [0.717, 1.165) is 63.5 Å². The van der Waals surface area contributed by atoms with Crippen LogP contribution in [0, 0.1) is 34.5 Å². The molecular formula is C52H57N3O2. The second-order valence-electron chi connectivity index (χ2n) is 18.6. The topological polar surface area (TPSA) is 68.1 Å². The predicted octanol–water partition coefficient (Wildman–Crippen LogP) is 13.6. The SMILES string of the molecule is CC(C)(C)CC1CC(CC(C)(C)CCOc2ccc(-c3nc(-c4ccc(-c5ccccc5)cc4)nc(-c4ccc(-c5ccccc5)cc4)n3)c(O)c2)C2CCCC12. The minimum atomic E-state index is 0.0804. The van der Waals surface area contributed by atoms with E-state index < -0.39 is 0 Å². The van der Waals surface area contributed by atoms with Crippen LogP contribution < -0.4 is 4.74 Å². The second-order valence-corrected chi connectivity index (χ2v) is 18.6. The maximum atomic E-state index is 11.5. The zero-order valence-electron chi connectivity index (χ0n) is 34.3. The Labute approximate surface area is 339 Å². The summed E-state index contributed by atoms with van der Waals surface area (Å²) in [6, 6.07) is 42.7. The van der Waals surface area contributed by atoms with E-state index in [1.807, 2.05) is 72.8 Å². The van der Waals surface area contributed by atoms with Crippen molar-refractivity contribution in [3.8, 4) is 67.9 Å². The number of benzene rings is 5. The van der Waals surface area contributed by atoms with Crippen molar-refractivity contribution in [1.29, 1.82) is 0 Å². The average Bonchev–Trinajstić information content (AvgIpc) is 3.82. The van der Waals surface area contributed by atoms with E-state index in [1.165, 1.54) is 38.5 Å². The van der Waals surface area contributed by atoms with Crippen LogP contribution in [0.25, 0.3) is 56.4 Å². The Balaban J connectivity index is 1.00. The summed E-state index contributed by atoms with van der Waals surface area (Å²) >= 11 is 0. The van der Waals surface area contributed by atoms with Gasteiger partial charge in [0, 0.05) is 17.2 Å². The van der Waals surface area contributed by atoms with Gasteiger partial charge in [0.05, 0.1) is 12.2 Å². The lowest BCUT2D eigenvalue weighted by Crippen LogP contribution is -2.22. The average molecular weight is 756 g/mol. The maximum Gasteiger partial charge on any atom is 0.167 e. The summed E-state index contributed by atoms with van der Waals surface area (Å²) in [4.78, 5) is 14.8. The fraction of sp³-hybridized carbons (Fsp3) is 0.365. The number of aromatic nitrogens is 3. The van der Waals surface area contributed by atoms with Crippen LogP contribution in [-0.4, -0.2) is 26.7 Å². The van der Waals surface area contributed by atoms with E-state index in [-0.39, 0.29) is 11.2 Å². The van der Waals surface area contributed by atoms with E-state index >= 15 is 0 Å². The van der Waals surface area contributed by atoms with Crippen LogP contribution in [-0.2, 0) is 0 Å². The molecule has 57 heavy (non-hydrogen) atoms. The van der Waals surface area contributed by atoms with Gasteiger partial charge in [-0.15, -0.1) is 0 Å². The van der Waals surface area contributed by atoms with Crippen molar-refractivity contribution in [2.45, 2.75) is 79.6 Å². The lowest BCUT2D eigenvalue weighted by atomic mass is 9.76. The minimum absolute atomic E-state index is 0.0804. The van der Waals surface area contributed by atoms with E-state index in [2.05, 4.69) is 83.1 Å². The van der Waals surface area contributed by atoms with Crippen molar-refractivity contribution in [2.24, 2.45) is 34.5 Å². The Morgan fingerprint density at radius 3 is 1.54 bits per heavy atom. The number of phenolic OH excluding ortho intramolecular Hbond substituents is 1. The molecule has 6 aromatic rings. The van der Waals surface area contributed by atoms with Crippen LogP contribution in [0.4, 0.5) is 0 Å². The van der Waals surface area contributed by atoms with Gasteiger partial charge in [-0.25, -0.2) is 15.0 Å². The van der Waals surface area contributed by atoms with Gasteiger partial charge in [0.2, 0.25) is 0 Å². The number of hydrogen-bond donors (Lipinski definition) is 1. The van der Waals surface area contributed by atoms with Crippen LogP contribution in [0.15, 0.2) is 127 Å². The largest absolute Gasteiger partial charge is 0.507 e. The second kappa shape index (κ2) is 16.3. The van der Waals surface area contributed by atoms with Gasteiger partial charge >= 0.3 is 0 Å². The molecule has 0 aliphatic heterocycles. The lowest BCUT2D eigenvalue weighted by Gasteiger charge is -2.30. The molecule has 1 aromatic heterocycles. The van der Waals surface area contributed by atoms with Gasteiger partial charge in [-0.3, -0.25) is 0 Å². The van der Waals surface area contributed by atoms with Gasteiger partial charge in [-0.2, -0.15) is 0 Å². The molecule has 2 saturated carbocycles. The van der Waals surface area contributed by atoms with Crippen molar-refractivity contribution in [2.75, 3.05) is 6.61 Å². The van der Waals surface area contributed by atoms with Gasteiger partial charge < -0.3 is 9.84 Å². The molecule has 2 aliphatic rings. The Kier molecular flexibility index (Phi) is 11.0. The van der Waals surface area contributed by atoms with Gasteiger partial charge in [0.15, 0.2) is 17.5 Å². The zero-order chi connectivity index (χ0) is 39.6. The van der Waals surface area contributed by atoms with Gasteiger partial charge in [0.25, 0.3) is 0 Å². The molecule has 292 valence electrons. The van der Waals surface area contributed by atoms with Crippen LogP contribution in [0.2, 0.25) is 0 Å². The number of ether oxygens (including phenoxy) is 1. The molecule has 8 rings (SSSR count). The van der Waals surface area contributed by atoms with Crippen molar-refractivity contribution in [3.05, 3.63) is 127 Å². The molecule has 4 unspecified atom stereocenters. The Morgan fingerprint density at radius 1 is 0.561 bits per heavy atom. The summed E-state index contributed by atoms with van der Waals surface area (Å²) < 4.78 is 6.32. The summed E-state index contributed by atoms with van der Waals surface area (Å²) in [5.74, 6) is 5.76. The first-order valence-electron chi connectivity index (χ1n) is 21.0. The molecular weight excluding hydrogens is 699 g/mol. The van der Waals surface area contributed by atoms with Crippen LogP contribution in [0.3, 0.4) is 0 Å². The predicted molar refractivity (Wildman–Crippen MR) is 234 cm³/mol. The molecule has 0 saturated heterocycles. The Hall–Kier alpha value is -5.29. The summed E-state index contributed by atoms with van der Waals surface area (Å²) in [6.45, 7) is 12.7. The number of rotatable bonds is 12. The highest BCUT2D eigenvalue weighted by Crippen LogP contribution is 2.56. The summed E-state index contributed by atoms with van der Waals surface area (Å²) in [5.41, 5.74) is 7.39. The number of hydrogen-bond acceptors (Lipinski definition) is 5. The number of aromatic hydroxyl groups is 1. The van der Waals surface area contributed by atoms with Crippen molar-refractivity contribution >= 4 is 0 Å². The molecule has 5 nitrogen and oxygen atoms in total. The quantitative estimate of drug-likeness (QED) is 0.135. The van der Waals surface area contributed by atoms with Crippen molar-refractivity contribution in [1.82, 2.24) is 15.0 Å². The highest BCUT2D eigenvalue weighted by molar-refractivity contribution is 5.73. The number of nitrogens with zero attached hydrogens (tertiary/aromatic N) is 3. The number of fused-ring (bicyclic) bond motifs is 1. The molecule has 0 amide bonds. The summed E-state index contributed by atoms with van der Waals surface area (Å²) in [6.07, 6.45) is 9.24. The Bertz CT molecular complexity index is 2160. The molecule has 5 aromatic carbocycles.